The predicted octanol–water partition coefficient (Wildman–Crippen LogP) is 2.40. The molecule has 2 rings (SSSR count). The van der Waals surface area contributed by atoms with Gasteiger partial charge in [-0.3, -0.25) is 4.79 Å². The lowest BCUT2D eigenvalue weighted by atomic mass is 10.1. The van der Waals surface area contributed by atoms with Crippen molar-refractivity contribution in [2.24, 2.45) is 0 Å². The van der Waals surface area contributed by atoms with Crippen molar-refractivity contribution in [3.05, 3.63) is 47.3 Å². The standard InChI is InChI=1S/C14H17N3O2/c1-9-7-13(16-19-9)14(18)17(3)10(2)11-5-4-6-12(15)8-11/h4-8,10H,15H2,1-3H3. The number of benzene rings is 1. The monoisotopic (exact) mass is 259 g/mol. The fourth-order valence-corrected chi connectivity index (χ4v) is 1.87. The second-order valence-corrected chi connectivity index (χ2v) is 4.58. The van der Waals surface area contributed by atoms with Crippen LogP contribution in [0.2, 0.25) is 0 Å². The molecule has 0 aliphatic carbocycles. The largest absolute Gasteiger partial charge is 0.399 e. The van der Waals surface area contributed by atoms with E-state index < -0.39 is 0 Å². The van der Waals surface area contributed by atoms with Crippen LogP contribution in [0, 0.1) is 6.92 Å². The minimum atomic E-state index is -0.174. The van der Waals surface area contributed by atoms with Crippen LogP contribution in [0.1, 0.15) is 34.8 Å². The van der Waals surface area contributed by atoms with Gasteiger partial charge in [-0.1, -0.05) is 17.3 Å². The van der Waals surface area contributed by atoms with Crippen LogP contribution >= 0.6 is 0 Å². The molecular formula is C14H17N3O2. The molecule has 0 bridgehead atoms. The highest BCUT2D eigenvalue weighted by atomic mass is 16.5. The second-order valence-electron chi connectivity index (χ2n) is 4.58. The number of amides is 1. The Kier molecular flexibility index (Phi) is 3.55. The molecule has 1 amide bonds. The van der Waals surface area contributed by atoms with Gasteiger partial charge in [0.1, 0.15) is 5.76 Å². The van der Waals surface area contributed by atoms with Crippen LogP contribution in [0.4, 0.5) is 5.69 Å². The lowest BCUT2D eigenvalue weighted by Crippen LogP contribution is -2.29. The lowest BCUT2D eigenvalue weighted by Gasteiger charge is -2.24. The van der Waals surface area contributed by atoms with Gasteiger partial charge in [-0.05, 0) is 31.5 Å². The number of rotatable bonds is 3. The minimum Gasteiger partial charge on any atom is -0.399 e. The summed E-state index contributed by atoms with van der Waals surface area (Å²) in [5.41, 5.74) is 7.74. The summed E-state index contributed by atoms with van der Waals surface area (Å²) in [5.74, 6) is 0.445. The SMILES string of the molecule is Cc1cc(C(=O)N(C)C(C)c2cccc(N)c2)no1. The molecule has 1 atom stereocenters. The highest BCUT2D eigenvalue weighted by molar-refractivity contribution is 5.92. The van der Waals surface area contributed by atoms with Crippen LogP contribution in [-0.2, 0) is 0 Å². The summed E-state index contributed by atoms with van der Waals surface area (Å²) in [7, 11) is 1.74. The van der Waals surface area contributed by atoms with Gasteiger partial charge in [0, 0.05) is 18.8 Å². The summed E-state index contributed by atoms with van der Waals surface area (Å²) in [6, 6.07) is 9.04. The molecule has 0 radical (unpaired) electrons. The average molecular weight is 259 g/mol. The van der Waals surface area contributed by atoms with Crippen molar-refractivity contribution >= 4 is 11.6 Å². The number of nitrogens with two attached hydrogens (primary N) is 1. The first-order chi connectivity index (χ1) is 8.99. The van der Waals surface area contributed by atoms with Crippen LogP contribution in [0.3, 0.4) is 0 Å². The van der Waals surface area contributed by atoms with E-state index in [0.717, 1.165) is 5.56 Å². The molecule has 1 aromatic heterocycles. The zero-order valence-corrected chi connectivity index (χ0v) is 11.3. The summed E-state index contributed by atoms with van der Waals surface area (Å²) in [4.78, 5) is 13.8. The van der Waals surface area contributed by atoms with Gasteiger partial charge in [-0.2, -0.15) is 0 Å². The maximum atomic E-state index is 12.2. The smallest absolute Gasteiger partial charge is 0.276 e. The summed E-state index contributed by atoms with van der Waals surface area (Å²) in [6.07, 6.45) is 0. The fourth-order valence-electron chi connectivity index (χ4n) is 1.87. The van der Waals surface area contributed by atoms with E-state index >= 15 is 0 Å². The van der Waals surface area contributed by atoms with Crippen molar-refractivity contribution in [2.75, 3.05) is 12.8 Å². The first-order valence-electron chi connectivity index (χ1n) is 6.05. The number of anilines is 1. The Morgan fingerprint density at radius 2 is 2.16 bits per heavy atom. The van der Waals surface area contributed by atoms with Crippen molar-refractivity contribution in [1.82, 2.24) is 10.1 Å². The van der Waals surface area contributed by atoms with Gasteiger partial charge < -0.3 is 15.2 Å². The molecule has 1 aromatic carbocycles. The molecule has 100 valence electrons. The minimum absolute atomic E-state index is 0.0898. The number of hydrogen-bond donors (Lipinski definition) is 1. The van der Waals surface area contributed by atoms with Gasteiger partial charge in [0.2, 0.25) is 0 Å². The van der Waals surface area contributed by atoms with Crippen molar-refractivity contribution in [3.8, 4) is 0 Å². The van der Waals surface area contributed by atoms with Crippen LogP contribution < -0.4 is 5.73 Å². The topological polar surface area (TPSA) is 72.4 Å². The number of carbonyl (C=O) groups is 1. The lowest BCUT2D eigenvalue weighted by molar-refractivity contribution is 0.0732. The normalized spacial score (nSPS) is 12.2. The Balaban J connectivity index is 2.19. The molecule has 1 heterocycles. The number of nitrogen functional groups attached to an aromatic ring is 1. The Bertz CT molecular complexity index is 592. The summed E-state index contributed by atoms with van der Waals surface area (Å²) < 4.78 is 4.92. The summed E-state index contributed by atoms with van der Waals surface area (Å²) in [6.45, 7) is 3.70. The fraction of sp³-hybridized carbons (Fsp3) is 0.286. The maximum absolute atomic E-state index is 12.2. The number of nitrogens with zero attached hydrogens (tertiary/aromatic N) is 2. The highest BCUT2D eigenvalue weighted by Gasteiger charge is 2.21. The Morgan fingerprint density at radius 1 is 1.42 bits per heavy atom. The van der Waals surface area contributed by atoms with E-state index in [4.69, 9.17) is 10.3 Å². The van der Waals surface area contributed by atoms with Crippen LogP contribution in [0.15, 0.2) is 34.9 Å². The van der Waals surface area contributed by atoms with Crippen LogP contribution in [-0.4, -0.2) is 23.0 Å². The van der Waals surface area contributed by atoms with Crippen molar-refractivity contribution in [3.63, 3.8) is 0 Å². The molecule has 0 saturated heterocycles. The Hall–Kier alpha value is -2.30. The molecular weight excluding hydrogens is 242 g/mol. The summed E-state index contributed by atoms with van der Waals surface area (Å²) in [5, 5.41) is 3.74. The molecule has 0 saturated carbocycles. The Morgan fingerprint density at radius 3 is 2.74 bits per heavy atom. The van der Waals surface area contributed by atoms with E-state index in [0.29, 0.717) is 17.1 Å². The van der Waals surface area contributed by atoms with Crippen molar-refractivity contribution in [2.45, 2.75) is 19.9 Å². The van der Waals surface area contributed by atoms with E-state index in [1.807, 2.05) is 31.2 Å². The Labute approximate surface area is 112 Å². The van der Waals surface area contributed by atoms with Crippen LogP contribution in [0.25, 0.3) is 0 Å². The molecule has 5 nitrogen and oxygen atoms in total. The van der Waals surface area contributed by atoms with Gasteiger partial charge in [0.25, 0.3) is 5.91 Å². The first-order valence-corrected chi connectivity index (χ1v) is 6.05. The number of hydrogen-bond acceptors (Lipinski definition) is 4. The van der Waals surface area contributed by atoms with Crippen molar-refractivity contribution in [1.29, 1.82) is 0 Å². The molecule has 0 spiro atoms. The van der Waals surface area contributed by atoms with E-state index in [1.165, 1.54) is 0 Å². The molecule has 5 heteroatoms. The van der Waals surface area contributed by atoms with E-state index in [2.05, 4.69) is 5.16 Å². The highest BCUT2D eigenvalue weighted by Crippen LogP contribution is 2.22. The molecule has 19 heavy (non-hydrogen) atoms. The molecule has 0 aliphatic rings. The average Bonchev–Trinajstić information content (AvgIpc) is 2.83. The first kappa shape index (κ1) is 13.1. The molecule has 0 aliphatic heterocycles. The van der Waals surface area contributed by atoms with Crippen molar-refractivity contribution < 1.29 is 9.32 Å². The summed E-state index contributed by atoms with van der Waals surface area (Å²) >= 11 is 0. The maximum Gasteiger partial charge on any atom is 0.276 e. The predicted molar refractivity (Wildman–Crippen MR) is 72.6 cm³/mol. The molecule has 2 aromatic rings. The van der Waals surface area contributed by atoms with E-state index in [9.17, 15) is 4.79 Å². The number of aromatic nitrogens is 1. The zero-order valence-electron chi connectivity index (χ0n) is 11.3. The zero-order chi connectivity index (χ0) is 14.0. The molecule has 0 fully saturated rings. The van der Waals surface area contributed by atoms with Gasteiger partial charge >= 0.3 is 0 Å². The quantitative estimate of drug-likeness (QED) is 0.859. The van der Waals surface area contributed by atoms with Gasteiger partial charge in [0.15, 0.2) is 5.69 Å². The number of aryl methyl sites for hydroxylation is 1. The van der Waals surface area contributed by atoms with Crippen LogP contribution in [0.5, 0.6) is 0 Å². The van der Waals surface area contributed by atoms with E-state index in [1.54, 1.807) is 24.9 Å². The third-order valence-electron chi connectivity index (χ3n) is 3.14. The number of carbonyl (C=O) groups excluding carboxylic acids is 1. The second kappa shape index (κ2) is 5.14. The molecule has 2 N–H and O–H groups in total. The molecule has 1 unspecified atom stereocenters. The third-order valence-corrected chi connectivity index (χ3v) is 3.14. The van der Waals surface area contributed by atoms with E-state index in [-0.39, 0.29) is 11.9 Å². The van der Waals surface area contributed by atoms with Gasteiger partial charge in [-0.25, -0.2) is 0 Å². The van der Waals surface area contributed by atoms with Gasteiger partial charge in [-0.15, -0.1) is 0 Å². The van der Waals surface area contributed by atoms with Gasteiger partial charge in [0.05, 0.1) is 6.04 Å². The third kappa shape index (κ3) is 2.76.